The molecule has 104 valence electrons. The quantitative estimate of drug-likeness (QED) is 0.921. The minimum Gasteiger partial charge on any atom is -0.481 e. The van der Waals surface area contributed by atoms with Gasteiger partial charge in [0.2, 0.25) is 5.91 Å². The van der Waals surface area contributed by atoms with Gasteiger partial charge in [0.15, 0.2) is 0 Å². The fourth-order valence-electron chi connectivity index (χ4n) is 2.45. The number of aliphatic carboxylic acids is 1. The summed E-state index contributed by atoms with van der Waals surface area (Å²) in [6.45, 7) is 4.51. The van der Waals surface area contributed by atoms with Gasteiger partial charge in [0, 0.05) is 23.9 Å². The molecule has 1 aromatic heterocycles. The lowest BCUT2D eigenvalue weighted by Crippen LogP contribution is -2.37. The second-order valence-corrected chi connectivity index (χ2v) is 6.59. The number of nitrogens with zero attached hydrogens (tertiary/aromatic N) is 1. The molecule has 19 heavy (non-hydrogen) atoms. The normalized spacial score (nSPS) is 24.4. The van der Waals surface area contributed by atoms with Crippen LogP contribution < -0.4 is 0 Å². The third-order valence-electron chi connectivity index (χ3n) is 3.81. The summed E-state index contributed by atoms with van der Waals surface area (Å²) in [6.07, 6.45) is 1.27. The Morgan fingerprint density at radius 1 is 1.58 bits per heavy atom. The first kappa shape index (κ1) is 14.1. The van der Waals surface area contributed by atoms with Gasteiger partial charge in [-0.1, -0.05) is 13.0 Å². The van der Waals surface area contributed by atoms with Crippen LogP contribution in [0.4, 0.5) is 0 Å². The molecule has 5 heteroatoms. The maximum atomic E-state index is 12.3. The zero-order chi connectivity index (χ0) is 14.0. The van der Waals surface area contributed by atoms with Crippen molar-refractivity contribution in [3.63, 3.8) is 0 Å². The fourth-order valence-corrected chi connectivity index (χ4v) is 3.29. The Balaban J connectivity index is 1.96. The van der Waals surface area contributed by atoms with Crippen molar-refractivity contribution in [1.29, 1.82) is 0 Å². The van der Waals surface area contributed by atoms with Crippen LogP contribution in [0.1, 0.15) is 25.1 Å². The Labute approximate surface area is 117 Å². The summed E-state index contributed by atoms with van der Waals surface area (Å²) < 4.78 is 0. The number of hydrogen-bond acceptors (Lipinski definition) is 3. The summed E-state index contributed by atoms with van der Waals surface area (Å²) in [5.41, 5.74) is -0.779. The van der Waals surface area contributed by atoms with Crippen LogP contribution in [0.15, 0.2) is 17.5 Å². The number of likely N-dealkylation sites (tertiary alicyclic amines) is 1. The first-order valence-corrected chi connectivity index (χ1v) is 7.35. The average Bonchev–Trinajstić information content (AvgIpc) is 2.98. The van der Waals surface area contributed by atoms with Crippen LogP contribution in [0, 0.1) is 11.3 Å². The number of hydrogen-bond donors (Lipinski definition) is 1. The minimum atomic E-state index is -0.811. The van der Waals surface area contributed by atoms with E-state index in [2.05, 4.69) is 0 Å². The Bertz CT molecular complexity index is 471. The predicted octanol–water partition coefficient (Wildman–Crippen LogP) is 2.25. The molecule has 2 atom stereocenters. The monoisotopic (exact) mass is 281 g/mol. The number of carbonyl (C=O) groups is 2. The van der Waals surface area contributed by atoms with Gasteiger partial charge in [-0.2, -0.15) is 0 Å². The minimum absolute atomic E-state index is 0.0679. The molecule has 2 rings (SSSR count). The highest BCUT2D eigenvalue weighted by Gasteiger charge is 2.42. The first-order chi connectivity index (χ1) is 8.92. The number of carboxylic acids is 1. The van der Waals surface area contributed by atoms with Gasteiger partial charge in [-0.05, 0) is 31.2 Å². The Hall–Kier alpha value is -1.36. The molecule has 1 amide bonds. The van der Waals surface area contributed by atoms with E-state index in [1.807, 2.05) is 24.4 Å². The SMILES string of the molecule is C[C@H](Cc1cccs1)C(=O)N1CC[C@@](C)(C(=O)O)C1. The standard InChI is InChI=1S/C14H19NO3S/c1-10(8-11-4-3-7-19-11)12(16)15-6-5-14(2,9-15)13(17)18/h3-4,7,10H,5-6,8-9H2,1-2H3,(H,17,18)/t10-,14-/m1/s1. The van der Waals surface area contributed by atoms with Gasteiger partial charge in [0.25, 0.3) is 0 Å². The highest BCUT2D eigenvalue weighted by molar-refractivity contribution is 7.09. The highest BCUT2D eigenvalue weighted by Crippen LogP contribution is 2.31. The lowest BCUT2D eigenvalue weighted by atomic mass is 9.90. The molecule has 0 aromatic carbocycles. The maximum Gasteiger partial charge on any atom is 0.311 e. The van der Waals surface area contributed by atoms with Crippen molar-refractivity contribution in [3.05, 3.63) is 22.4 Å². The first-order valence-electron chi connectivity index (χ1n) is 6.47. The van der Waals surface area contributed by atoms with Gasteiger partial charge < -0.3 is 10.0 Å². The zero-order valence-electron chi connectivity index (χ0n) is 11.3. The summed E-state index contributed by atoms with van der Waals surface area (Å²) in [7, 11) is 0. The summed E-state index contributed by atoms with van der Waals surface area (Å²) >= 11 is 1.65. The molecule has 0 bridgehead atoms. The third kappa shape index (κ3) is 2.97. The molecule has 2 heterocycles. The van der Waals surface area contributed by atoms with Crippen LogP contribution in [0.5, 0.6) is 0 Å². The van der Waals surface area contributed by atoms with E-state index in [-0.39, 0.29) is 11.8 Å². The molecule has 1 aromatic rings. The number of carbonyl (C=O) groups excluding carboxylic acids is 1. The molecule has 0 saturated carbocycles. The lowest BCUT2D eigenvalue weighted by Gasteiger charge is -2.23. The van der Waals surface area contributed by atoms with Crippen LogP contribution >= 0.6 is 11.3 Å². The third-order valence-corrected chi connectivity index (χ3v) is 4.71. The Kier molecular flexibility index (Phi) is 3.94. The zero-order valence-corrected chi connectivity index (χ0v) is 12.1. The summed E-state index contributed by atoms with van der Waals surface area (Å²) in [4.78, 5) is 26.4. The van der Waals surface area contributed by atoms with Crippen molar-refractivity contribution >= 4 is 23.2 Å². The van der Waals surface area contributed by atoms with E-state index in [4.69, 9.17) is 0 Å². The number of thiophene rings is 1. The van der Waals surface area contributed by atoms with Crippen molar-refractivity contribution in [3.8, 4) is 0 Å². The predicted molar refractivity (Wildman–Crippen MR) is 74.1 cm³/mol. The van der Waals surface area contributed by atoms with E-state index < -0.39 is 11.4 Å². The Morgan fingerprint density at radius 2 is 2.32 bits per heavy atom. The highest BCUT2D eigenvalue weighted by atomic mass is 32.1. The molecule has 0 aliphatic carbocycles. The van der Waals surface area contributed by atoms with Gasteiger partial charge in [-0.3, -0.25) is 9.59 Å². The smallest absolute Gasteiger partial charge is 0.311 e. The Morgan fingerprint density at radius 3 is 2.84 bits per heavy atom. The number of amides is 1. The van der Waals surface area contributed by atoms with Crippen LogP contribution in [0.25, 0.3) is 0 Å². The van der Waals surface area contributed by atoms with Gasteiger partial charge in [0.05, 0.1) is 5.41 Å². The van der Waals surface area contributed by atoms with Crippen molar-refractivity contribution in [2.45, 2.75) is 26.7 Å². The van der Waals surface area contributed by atoms with Gasteiger partial charge in [0.1, 0.15) is 0 Å². The largest absolute Gasteiger partial charge is 0.481 e. The fraction of sp³-hybridized carbons (Fsp3) is 0.571. The molecule has 4 nitrogen and oxygen atoms in total. The number of carboxylic acid groups (broad SMARTS) is 1. The van der Waals surface area contributed by atoms with Gasteiger partial charge >= 0.3 is 5.97 Å². The van der Waals surface area contributed by atoms with Crippen LogP contribution in [0.2, 0.25) is 0 Å². The molecule has 1 aliphatic rings. The summed E-state index contributed by atoms with van der Waals surface area (Å²) in [5.74, 6) is -0.832. The van der Waals surface area contributed by atoms with Crippen LogP contribution in [0.3, 0.4) is 0 Å². The second-order valence-electron chi connectivity index (χ2n) is 5.56. The summed E-state index contributed by atoms with van der Waals surface area (Å²) in [5, 5.41) is 11.2. The van der Waals surface area contributed by atoms with Crippen molar-refractivity contribution in [2.75, 3.05) is 13.1 Å². The number of rotatable bonds is 4. The molecular weight excluding hydrogens is 262 g/mol. The van der Waals surface area contributed by atoms with Crippen LogP contribution in [-0.2, 0) is 16.0 Å². The van der Waals surface area contributed by atoms with E-state index in [1.165, 1.54) is 4.88 Å². The molecule has 0 unspecified atom stereocenters. The summed E-state index contributed by atoms with van der Waals surface area (Å²) in [6, 6.07) is 4.01. The van der Waals surface area contributed by atoms with Crippen molar-refractivity contribution in [1.82, 2.24) is 4.90 Å². The van der Waals surface area contributed by atoms with Gasteiger partial charge in [-0.15, -0.1) is 11.3 Å². The van der Waals surface area contributed by atoms with E-state index in [0.29, 0.717) is 19.5 Å². The van der Waals surface area contributed by atoms with E-state index >= 15 is 0 Å². The van der Waals surface area contributed by atoms with Crippen molar-refractivity contribution < 1.29 is 14.7 Å². The van der Waals surface area contributed by atoms with E-state index in [9.17, 15) is 14.7 Å². The van der Waals surface area contributed by atoms with Gasteiger partial charge in [-0.25, -0.2) is 0 Å². The van der Waals surface area contributed by atoms with E-state index in [0.717, 1.165) is 6.42 Å². The topological polar surface area (TPSA) is 57.6 Å². The lowest BCUT2D eigenvalue weighted by molar-refractivity contribution is -0.147. The van der Waals surface area contributed by atoms with E-state index in [1.54, 1.807) is 23.2 Å². The average molecular weight is 281 g/mol. The molecule has 0 spiro atoms. The molecule has 1 aliphatic heterocycles. The molecule has 0 radical (unpaired) electrons. The molecule has 1 N–H and O–H groups in total. The molecule has 1 saturated heterocycles. The second kappa shape index (κ2) is 5.33. The maximum absolute atomic E-state index is 12.3. The molecular formula is C14H19NO3S. The van der Waals surface area contributed by atoms with Crippen molar-refractivity contribution in [2.24, 2.45) is 11.3 Å². The molecule has 1 fully saturated rings. The van der Waals surface area contributed by atoms with Crippen LogP contribution in [-0.4, -0.2) is 35.0 Å².